The molecule has 0 aromatic rings. The molecule has 6 heteroatoms. The van der Waals surface area contributed by atoms with Crippen LogP contribution in [0.15, 0.2) is 0 Å². The van der Waals surface area contributed by atoms with Crippen LogP contribution in [0.2, 0.25) is 0 Å². The Labute approximate surface area is 82.4 Å². The van der Waals surface area contributed by atoms with Gasteiger partial charge in [0.1, 0.15) is 5.84 Å². The van der Waals surface area contributed by atoms with Gasteiger partial charge in [0.2, 0.25) is 0 Å². The molecule has 1 rings (SSSR count). The van der Waals surface area contributed by atoms with Crippen molar-refractivity contribution in [3.63, 3.8) is 0 Å². The number of β-amino-alcohol motifs (C(OH)–C–C–N with tert-alkyl or cyclic N) is 1. The number of hydrogen-bond acceptors (Lipinski definition) is 4. The zero-order valence-electron chi connectivity index (χ0n) is 7.99. The topological polar surface area (TPSA) is 116 Å². The monoisotopic (exact) mass is 200 g/mol. The summed E-state index contributed by atoms with van der Waals surface area (Å²) in [6.45, 7) is 1.17. The molecule has 0 bridgehead atoms. The van der Waals surface area contributed by atoms with Gasteiger partial charge in [0.15, 0.2) is 5.60 Å². The van der Waals surface area contributed by atoms with Crippen LogP contribution < -0.4 is 11.5 Å². The van der Waals surface area contributed by atoms with E-state index in [0.29, 0.717) is 12.8 Å². The van der Waals surface area contributed by atoms with E-state index in [-0.39, 0.29) is 18.9 Å². The van der Waals surface area contributed by atoms with Crippen molar-refractivity contribution in [3.05, 3.63) is 0 Å². The molecule has 6 nitrogen and oxygen atoms in total. The molecule has 0 spiro atoms. The van der Waals surface area contributed by atoms with Gasteiger partial charge in [0, 0.05) is 6.54 Å². The smallest absolute Gasteiger partial charge is 0.250 e. The van der Waals surface area contributed by atoms with Gasteiger partial charge in [-0.05, 0) is 19.4 Å². The van der Waals surface area contributed by atoms with Crippen LogP contribution in [-0.4, -0.2) is 47.0 Å². The fourth-order valence-corrected chi connectivity index (χ4v) is 1.70. The summed E-state index contributed by atoms with van der Waals surface area (Å²) in [5.41, 5.74) is 8.88. The fourth-order valence-electron chi connectivity index (χ4n) is 1.70. The van der Waals surface area contributed by atoms with E-state index in [1.54, 1.807) is 4.90 Å². The number of rotatable bonds is 3. The Morgan fingerprint density at radius 3 is 2.71 bits per heavy atom. The van der Waals surface area contributed by atoms with Gasteiger partial charge in [-0.1, -0.05) is 0 Å². The van der Waals surface area contributed by atoms with Crippen LogP contribution in [0.3, 0.4) is 0 Å². The summed E-state index contributed by atoms with van der Waals surface area (Å²) in [5, 5.41) is 16.9. The van der Waals surface area contributed by atoms with Gasteiger partial charge in [-0.25, -0.2) is 0 Å². The van der Waals surface area contributed by atoms with Crippen LogP contribution in [0, 0.1) is 5.41 Å². The molecule has 1 atom stereocenters. The number of likely N-dealkylation sites (tertiary alicyclic amines) is 1. The molecule has 1 aliphatic rings. The zero-order chi connectivity index (χ0) is 10.8. The molecule has 1 unspecified atom stereocenters. The summed E-state index contributed by atoms with van der Waals surface area (Å²) < 4.78 is 0. The van der Waals surface area contributed by atoms with Crippen LogP contribution in [-0.2, 0) is 4.79 Å². The Hall–Kier alpha value is -1.14. The van der Waals surface area contributed by atoms with E-state index in [1.165, 1.54) is 0 Å². The highest BCUT2D eigenvalue weighted by molar-refractivity contribution is 5.84. The van der Waals surface area contributed by atoms with E-state index in [0.717, 1.165) is 6.54 Å². The first-order chi connectivity index (χ1) is 6.44. The van der Waals surface area contributed by atoms with Crippen molar-refractivity contribution in [2.75, 3.05) is 19.6 Å². The largest absolute Gasteiger partial charge is 0.387 e. The van der Waals surface area contributed by atoms with Gasteiger partial charge in [-0.2, -0.15) is 0 Å². The number of carbonyl (C=O) groups excluding carboxylic acids is 1. The van der Waals surface area contributed by atoms with Crippen molar-refractivity contribution in [3.8, 4) is 0 Å². The number of primary amides is 1. The summed E-state index contributed by atoms with van der Waals surface area (Å²) in [4.78, 5) is 12.7. The molecule has 1 saturated heterocycles. The van der Waals surface area contributed by atoms with Crippen LogP contribution in [0.1, 0.15) is 12.8 Å². The minimum absolute atomic E-state index is 0.0266. The molecule has 0 radical (unpaired) electrons. The second-order valence-corrected chi connectivity index (χ2v) is 3.74. The number of nitrogens with two attached hydrogens (primary N) is 2. The predicted octanol–water partition coefficient (Wildman–Crippen LogP) is -1.77. The summed E-state index contributed by atoms with van der Waals surface area (Å²) in [6.07, 6.45) is 1.07. The first-order valence-corrected chi connectivity index (χ1v) is 4.51. The zero-order valence-corrected chi connectivity index (χ0v) is 7.99. The normalized spacial score (nSPS) is 28.6. The van der Waals surface area contributed by atoms with Crippen LogP contribution >= 0.6 is 0 Å². The highest BCUT2D eigenvalue weighted by Crippen LogP contribution is 2.20. The number of amidine groups is 1. The predicted molar refractivity (Wildman–Crippen MR) is 51.7 cm³/mol. The van der Waals surface area contributed by atoms with Gasteiger partial charge in [-0.15, -0.1) is 0 Å². The lowest BCUT2D eigenvalue weighted by Gasteiger charge is -2.36. The average molecular weight is 200 g/mol. The van der Waals surface area contributed by atoms with Crippen molar-refractivity contribution >= 4 is 11.7 Å². The van der Waals surface area contributed by atoms with Gasteiger partial charge in [-0.3, -0.25) is 15.1 Å². The molecule has 80 valence electrons. The lowest BCUT2D eigenvalue weighted by molar-refractivity contribution is -0.141. The van der Waals surface area contributed by atoms with Crippen molar-refractivity contribution < 1.29 is 9.90 Å². The van der Waals surface area contributed by atoms with Crippen molar-refractivity contribution in [1.82, 2.24) is 4.90 Å². The van der Waals surface area contributed by atoms with Crippen molar-refractivity contribution in [2.45, 2.75) is 18.4 Å². The van der Waals surface area contributed by atoms with Gasteiger partial charge < -0.3 is 16.6 Å². The molecule has 0 aromatic carbocycles. The number of aliphatic hydroxyl groups is 1. The minimum atomic E-state index is -1.45. The molecular weight excluding hydrogens is 184 g/mol. The first-order valence-electron chi connectivity index (χ1n) is 4.51. The Morgan fingerprint density at radius 2 is 2.21 bits per heavy atom. The quantitative estimate of drug-likeness (QED) is 0.319. The molecule has 0 aromatic heterocycles. The van der Waals surface area contributed by atoms with Gasteiger partial charge in [0.25, 0.3) is 5.91 Å². The average Bonchev–Trinajstić information content (AvgIpc) is 2.02. The highest BCUT2D eigenvalue weighted by Gasteiger charge is 2.38. The van der Waals surface area contributed by atoms with E-state index in [4.69, 9.17) is 16.9 Å². The SMILES string of the molecule is N=C(N)CN1CCCC(O)(C(N)=O)C1. The third-order valence-corrected chi connectivity index (χ3v) is 2.40. The number of hydrogen-bond donors (Lipinski definition) is 4. The lowest BCUT2D eigenvalue weighted by atomic mass is 9.92. The van der Waals surface area contributed by atoms with E-state index < -0.39 is 11.5 Å². The summed E-state index contributed by atoms with van der Waals surface area (Å²) in [6, 6.07) is 0. The molecule has 0 saturated carbocycles. The molecule has 1 heterocycles. The third-order valence-electron chi connectivity index (χ3n) is 2.40. The Bertz CT molecular complexity index is 256. The van der Waals surface area contributed by atoms with Crippen molar-refractivity contribution in [2.24, 2.45) is 11.5 Å². The molecule has 1 amide bonds. The van der Waals surface area contributed by atoms with E-state index in [9.17, 15) is 9.90 Å². The number of nitrogens with one attached hydrogen (secondary N) is 1. The molecule has 14 heavy (non-hydrogen) atoms. The number of amides is 1. The maximum Gasteiger partial charge on any atom is 0.250 e. The summed E-state index contributed by atoms with van der Waals surface area (Å²) in [5.74, 6) is -0.676. The van der Waals surface area contributed by atoms with Gasteiger partial charge >= 0.3 is 0 Å². The highest BCUT2D eigenvalue weighted by atomic mass is 16.3. The third kappa shape index (κ3) is 2.43. The fraction of sp³-hybridized carbons (Fsp3) is 0.750. The lowest BCUT2D eigenvalue weighted by Crippen LogP contribution is -2.56. The second-order valence-electron chi connectivity index (χ2n) is 3.74. The summed E-state index contributed by atoms with van der Waals surface area (Å²) >= 11 is 0. The molecule has 1 aliphatic heterocycles. The van der Waals surface area contributed by atoms with E-state index >= 15 is 0 Å². The van der Waals surface area contributed by atoms with Crippen molar-refractivity contribution in [1.29, 1.82) is 5.41 Å². The first kappa shape index (κ1) is 10.9. The van der Waals surface area contributed by atoms with Crippen LogP contribution in [0.25, 0.3) is 0 Å². The Kier molecular flexibility index (Phi) is 3.07. The van der Waals surface area contributed by atoms with Gasteiger partial charge in [0.05, 0.1) is 6.54 Å². The maximum absolute atomic E-state index is 11.0. The van der Waals surface area contributed by atoms with Crippen LogP contribution in [0.5, 0.6) is 0 Å². The van der Waals surface area contributed by atoms with E-state index in [2.05, 4.69) is 0 Å². The Balaban J connectivity index is 2.59. The summed E-state index contributed by atoms with van der Waals surface area (Å²) in [7, 11) is 0. The Morgan fingerprint density at radius 1 is 1.57 bits per heavy atom. The standard InChI is InChI=1S/C8H16N4O2/c9-6(10)4-12-3-1-2-8(14,5-12)7(11)13/h14H,1-5H2,(H3,9,10)(H2,11,13). The molecular formula is C8H16N4O2. The molecule has 0 aliphatic carbocycles. The van der Waals surface area contributed by atoms with Crippen LogP contribution in [0.4, 0.5) is 0 Å². The minimum Gasteiger partial charge on any atom is -0.387 e. The maximum atomic E-state index is 11.0. The van der Waals surface area contributed by atoms with E-state index in [1.807, 2.05) is 0 Å². The second kappa shape index (κ2) is 3.93. The number of piperidine rings is 1. The number of nitrogens with zero attached hydrogens (tertiary/aromatic N) is 1. The molecule has 1 fully saturated rings. The molecule has 6 N–H and O–H groups in total. The number of carbonyl (C=O) groups is 1.